The maximum atomic E-state index is 11.7. The van der Waals surface area contributed by atoms with Gasteiger partial charge in [0.15, 0.2) is 0 Å². The van der Waals surface area contributed by atoms with Gasteiger partial charge in [-0.3, -0.25) is 18.1 Å². The average molecular weight is 344 g/mol. The molecular weight excluding hydrogens is 325 g/mol. The Morgan fingerprint density at radius 3 is 2.29 bits per heavy atom. The van der Waals surface area contributed by atoms with Crippen molar-refractivity contribution in [3.8, 4) is 0 Å². The van der Waals surface area contributed by atoms with Gasteiger partial charge in [0, 0.05) is 13.1 Å². The standard InChI is InChI=1S/C9H19BO9P2/c1-7-8(6-9(10)18-7)19-21(13,14)17-5-3-4-16-20(11,12)15-2/h7-9H,3-6H2,1-2H3,(H,11,12)(H,13,14). The summed E-state index contributed by atoms with van der Waals surface area (Å²) in [4.78, 5) is 18.5. The van der Waals surface area contributed by atoms with Gasteiger partial charge in [0.1, 0.15) is 7.85 Å². The molecule has 5 atom stereocenters. The summed E-state index contributed by atoms with van der Waals surface area (Å²) in [6.45, 7) is 1.32. The highest BCUT2D eigenvalue weighted by Crippen LogP contribution is 2.47. The molecule has 0 saturated carbocycles. The molecule has 0 aromatic carbocycles. The van der Waals surface area contributed by atoms with Gasteiger partial charge in [0.2, 0.25) is 0 Å². The van der Waals surface area contributed by atoms with E-state index in [4.69, 9.17) is 26.5 Å². The van der Waals surface area contributed by atoms with Gasteiger partial charge in [-0.1, -0.05) is 0 Å². The lowest BCUT2D eigenvalue weighted by molar-refractivity contribution is 0.0341. The summed E-state index contributed by atoms with van der Waals surface area (Å²) < 4.78 is 46.2. The Labute approximate surface area is 124 Å². The van der Waals surface area contributed by atoms with E-state index in [0.717, 1.165) is 7.11 Å². The lowest BCUT2D eigenvalue weighted by atomic mass is 9.96. The fourth-order valence-corrected chi connectivity index (χ4v) is 3.13. The molecule has 5 unspecified atom stereocenters. The molecular formula is C9H19BO9P2. The molecule has 9 nitrogen and oxygen atoms in total. The maximum absolute atomic E-state index is 11.7. The highest BCUT2D eigenvalue weighted by atomic mass is 31.2. The fourth-order valence-electron chi connectivity index (χ4n) is 1.64. The molecule has 0 aromatic heterocycles. The maximum Gasteiger partial charge on any atom is 0.472 e. The van der Waals surface area contributed by atoms with Gasteiger partial charge in [0.25, 0.3) is 0 Å². The molecule has 0 aliphatic carbocycles. The monoisotopic (exact) mass is 344 g/mol. The number of ether oxygens (including phenoxy) is 1. The van der Waals surface area contributed by atoms with Crippen LogP contribution in [-0.4, -0.2) is 56.2 Å². The van der Waals surface area contributed by atoms with E-state index in [1.54, 1.807) is 6.92 Å². The van der Waals surface area contributed by atoms with Crippen molar-refractivity contribution in [1.29, 1.82) is 0 Å². The first kappa shape index (κ1) is 19.3. The highest BCUT2D eigenvalue weighted by Gasteiger charge is 2.36. The Hall–Kier alpha value is 0.245. The van der Waals surface area contributed by atoms with E-state index >= 15 is 0 Å². The number of phosphoric acid groups is 2. The highest BCUT2D eigenvalue weighted by molar-refractivity contribution is 7.47. The molecule has 2 radical (unpaired) electrons. The summed E-state index contributed by atoms with van der Waals surface area (Å²) in [7, 11) is -1.72. The lowest BCUT2D eigenvalue weighted by Crippen LogP contribution is -2.20. The minimum Gasteiger partial charge on any atom is -0.382 e. The molecule has 0 aromatic rings. The van der Waals surface area contributed by atoms with Crippen molar-refractivity contribution in [2.75, 3.05) is 20.3 Å². The molecule has 1 aliphatic heterocycles. The van der Waals surface area contributed by atoms with Crippen molar-refractivity contribution in [3.63, 3.8) is 0 Å². The zero-order chi connectivity index (χ0) is 16.1. The third kappa shape index (κ3) is 7.37. The van der Waals surface area contributed by atoms with E-state index in [9.17, 15) is 14.0 Å². The van der Waals surface area contributed by atoms with Crippen molar-refractivity contribution in [1.82, 2.24) is 0 Å². The van der Waals surface area contributed by atoms with Gasteiger partial charge in [-0.05, 0) is 19.8 Å². The van der Waals surface area contributed by atoms with Crippen molar-refractivity contribution >= 4 is 23.5 Å². The van der Waals surface area contributed by atoms with Crippen LogP contribution in [0.1, 0.15) is 19.8 Å². The topological polar surface area (TPSA) is 121 Å². The van der Waals surface area contributed by atoms with Crippen LogP contribution in [0, 0.1) is 0 Å². The number of rotatable bonds is 9. The third-order valence-electron chi connectivity index (χ3n) is 2.67. The van der Waals surface area contributed by atoms with E-state index in [1.807, 2.05) is 0 Å². The quantitative estimate of drug-likeness (QED) is 0.358. The first-order valence-corrected chi connectivity index (χ1v) is 9.24. The lowest BCUT2D eigenvalue weighted by Gasteiger charge is -2.19. The van der Waals surface area contributed by atoms with Crippen LogP contribution in [0.4, 0.5) is 0 Å². The van der Waals surface area contributed by atoms with Crippen LogP contribution in [-0.2, 0) is 32.0 Å². The predicted octanol–water partition coefficient (Wildman–Crippen LogP) is 0.945. The number of hydrogen-bond donors (Lipinski definition) is 2. The van der Waals surface area contributed by atoms with Crippen molar-refractivity contribution in [2.24, 2.45) is 0 Å². The van der Waals surface area contributed by atoms with Crippen LogP contribution < -0.4 is 0 Å². The van der Waals surface area contributed by atoms with Crippen LogP contribution >= 0.6 is 15.6 Å². The van der Waals surface area contributed by atoms with Gasteiger partial charge in [0.05, 0.1) is 25.4 Å². The molecule has 122 valence electrons. The van der Waals surface area contributed by atoms with Gasteiger partial charge in [-0.2, -0.15) is 0 Å². The Kier molecular flexibility index (Phi) is 7.53. The number of hydrogen-bond acceptors (Lipinski definition) is 7. The van der Waals surface area contributed by atoms with Gasteiger partial charge < -0.3 is 14.5 Å². The first-order valence-electron chi connectivity index (χ1n) is 6.25. The summed E-state index contributed by atoms with van der Waals surface area (Å²) >= 11 is 0. The molecule has 1 heterocycles. The van der Waals surface area contributed by atoms with E-state index in [2.05, 4.69) is 9.05 Å². The van der Waals surface area contributed by atoms with Gasteiger partial charge >= 0.3 is 15.6 Å². The average Bonchev–Trinajstić information content (AvgIpc) is 2.66. The smallest absolute Gasteiger partial charge is 0.382 e. The van der Waals surface area contributed by atoms with Gasteiger partial charge in [-0.25, -0.2) is 9.13 Å². The second-order valence-corrected chi connectivity index (χ2v) is 7.37. The minimum absolute atomic E-state index is 0.109. The van der Waals surface area contributed by atoms with Crippen molar-refractivity contribution in [3.05, 3.63) is 0 Å². The minimum atomic E-state index is -4.25. The van der Waals surface area contributed by atoms with Crippen LogP contribution in [0.3, 0.4) is 0 Å². The predicted molar refractivity (Wildman–Crippen MR) is 72.8 cm³/mol. The molecule has 12 heteroatoms. The molecule has 1 saturated heterocycles. The van der Waals surface area contributed by atoms with Crippen molar-refractivity contribution in [2.45, 2.75) is 38.0 Å². The summed E-state index contributed by atoms with van der Waals surface area (Å²) in [5.74, 6) is 0. The van der Waals surface area contributed by atoms with Gasteiger partial charge in [-0.15, -0.1) is 0 Å². The first-order chi connectivity index (χ1) is 9.65. The van der Waals surface area contributed by atoms with E-state index in [-0.39, 0.29) is 19.6 Å². The molecule has 1 rings (SSSR count). The van der Waals surface area contributed by atoms with Crippen LogP contribution in [0.5, 0.6) is 0 Å². The zero-order valence-electron chi connectivity index (χ0n) is 11.8. The van der Waals surface area contributed by atoms with E-state index < -0.39 is 33.9 Å². The Morgan fingerprint density at radius 2 is 1.81 bits per heavy atom. The Morgan fingerprint density at radius 1 is 1.24 bits per heavy atom. The fraction of sp³-hybridized carbons (Fsp3) is 1.00. The Bertz CT molecular complexity index is 420. The Balaban J connectivity index is 2.24. The summed E-state index contributed by atoms with van der Waals surface area (Å²) in [6.07, 6.45) is -0.634. The summed E-state index contributed by atoms with van der Waals surface area (Å²) in [6, 6.07) is -0.536. The molecule has 21 heavy (non-hydrogen) atoms. The largest absolute Gasteiger partial charge is 0.472 e. The molecule has 1 fully saturated rings. The van der Waals surface area contributed by atoms with Crippen molar-refractivity contribution < 1.29 is 41.7 Å². The SMILES string of the molecule is [B]C1CC(OP(=O)(O)OCCCOP(=O)(O)OC)C(C)O1. The van der Waals surface area contributed by atoms with Crippen LogP contribution in [0.15, 0.2) is 0 Å². The second kappa shape index (κ2) is 8.20. The van der Waals surface area contributed by atoms with Crippen LogP contribution in [0.25, 0.3) is 0 Å². The normalized spacial score (nSPS) is 31.7. The summed E-state index contributed by atoms with van der Waals surface area (Å²) in [5.41, 5.74) is 0. The summed E-state index contributed by atoms with van der Waals surface area (Å²) in [5, 5.41) is 0. The van der Waals surface area contributed by atoms with E-state index in [0.29, 0.717) is 6.42 Å². The van der Waals surface area contributed by atoms with Crippen LogP contribution in [0.2, 0.25) is 0 Å². The molecule has 1 aliphatic rings. The molecule has 0 bridgehead atoms. The molecule has 2 N–H and O–H groups in total. The zero-order valence-corrected chi connectivity index (χ0v) is 13.6. The third-order valence-corrected chi connectivity index (χ3v) is 4.69. The van der Waals surface area contributed by atoms with E-state index in [1.165, 1.54) is 0 Å². The number of phosphoric ester groups is 2. The molecule has 0 amide bonds. The molecule has 0 spiro atoms. The second-order valence-electron chi connectivity index (χ2n) is 4.40.